The van der Waals surface area contributed by atoms with E-state index in [0.717, 1.165) is 6.41 Å². The Balaban J connectivity index is 1.53. The molecule has 0 radical (unpaired) electrons. The van der Waals surface area contributed by atoms with Gasteiger partial charge in [0, 0.05) is 83.0 Å². The van der Waals surface area contributed by atoms with Crippen LogP contribution < -0.4 is 0 Å². The SMILES string of the molecule is COC[C@]12CN(C=O)[C@H]3C4[C@H](OC)[C@H]1C3([C@@H](OC)C[C@H]2O)[C@@H]1C[C@@]2(O)[C@H](OC(=O)c3ccccc3)[C@@H]1[C@]4(OC(C)=O)[C@@H](O)[C@@H]2OC. The number of hydrogen-bond donors (Lipinski definition) is 3. The Labute approximate surface area is 267 Å². The van der Waals surface area contributed by atoms with Gasteiger partial charge in [-0.1, -0.05) is 18.2 Å². The molecule has 1 aromatic rings. The zero-order chi connectivity index (χ0) is 33.0. The molecule has 1 spiro atoms. The highest BCUT2D eigenvalue weighted by atomic mass is 16.6. The Bertz CT molecular complexity index is 1400. The fourth-order valence-corrected chi connectivity index (χ4v) is 12.0. The number of rotatable bonds is 9. The molecular formula is C33H43NO12. The second-order valence-corrected chi connectivity index (χ2v) is 14.1. The Morgan fingerprint density at radius 3 is 2.33 bits per heavy atom. The molecule has 6 aliphatic rings. The van der Waals surface area contributed by atoms with E-state index in [-0.39, 0.29) is 31.6 Å². The summed E-state index contributed by atoms with van der Waals surface area (Å²) in [6.07, 6.45) is -5.77. The van der Waals surface area contributed by atoms with Crippen LogP contribution in [0.4, 0.5) is 0 Å². The van der Waals surface area contributed by atoms with Crippen molar-refractivity contribution in [2.75, 3.05) is 41.6 Å². The van der Waals surface area contributed by atoms with Crippen molar-refractivity contribution in [1.82, 2.24) is 4.90 Å². The molecular weight excluding hydrogens is 602 g/mol. The maximum Gasteiger partial charge on any atom is 0.338 e. The number of esters is 2. The van der Waals surface area contributed by atoms with Crippen LogP contribution in [-0.2, 0) is 38.0 Å². The minimum atomic E-state index is -1.92. The molecule has 7 bridgehead atoms. The number of carbonyl (C=O) groups is 3. The summed E-state index contributed by atoms with van der Waals surface area (Å²) < 4.78 is 36.8. The van der Waals surface area contributed by atoms with Crippen LogP contribution in [-0.4, -0.2) is 134 Å². The van der Waals surface area contributed by atoms with Crippen LogP contribution in [0, 0.1) is 34.5 Å². The Morgan fingerprint density at radius 1 is 1.02 bits per heavy atom. The number of aliphatic hydroxyl groups excluding tert-OH is 2. The van der Waals surface area contributed by atoms with Crippen molar-refractivity contribution in [2.24, 2.45) is 34.5 Å². The van der Waals surface area contributed by atoms with Crippen LogP contribution in [0.1, 0.15) is 30.1 Å². The highest BCUT2D eigenvalue weighted by Crippen LogP contribution is 2.80. The topological polar surface area (TPSA) is 171 Å². The van der Waals surface area contributed by atoms with Crippen LogP contribution in [0.15, 0.2) is 30.3 Å². The monoisotopic (exact) mass is 645 g/mol. The molecule has 1 amide bonds. The summed E-state index contributed by atoms with van der Waals surface area (Å²) in [7, 11) is 5.95. The number of carbonyl (C=O) groups excluding carboxylic acids is 3. The van der Waals surface area contributed by atoms with E-state index in [2.05, 4.69) is 0 Å². The summed E-state index contributed by atoms with van der Waals surface area (Å²) in [6, 6.07) is 7.64. The first-order valence-corrected chi connectivity index (χ1v) is 15.8. The predicted octanol–water partition coefficient (Wildman–Crippen LogP) is -0.215. The van der Waals surface area contributed by atoms with E-state index in [4.69, 9.17) is 28.4 Å². The molecule has 0 aromatic heterocycles. The van der Waals surface area contributed by atoms with E-state index in [1.54, 1.807) is 42.3 Å². The van der Waals surface area contributed by atoms with Crippen molar-refractivity contribution in [2.45, 2.75) is 73.6 Å². The molecule has 13 heteroatoms. The zero-order valence-electron chi connectivity index (χ0n) is 26.6. The molecule has 1 heterocycles. The van der Waals surface area contributed by atoms with Gasteiger partial charge in [0.25, 0.3) is 0 Å². The smallest absolute Gasteiger partial charge is 0.338 e. The minimum absolute atomic E-state index is 0.0369. The second kappa shape index (κ2) is 10.7. The average molecular weight is 646 g/mol. The van der Waals surface area contributed by atoms with E-state index in [1.165, 1.54) is 28.3 Å². The van der Waals surface area contributed by atoms with Crippen molar-refractivity contribution >= 4 is 18.3 Å². The lowest BCUT2D eigenvalue weighted by Gasteiger charge is -2.69. The first-order valence-electron chi connectivity index (χ1n) is 15.8. The molecule has 3 N–H and O–H groups in total. The molecule has 5 saturated carbocycles. The third kappa shape index (κ3) is 3.52. The normalized spacial score (nSPS) is 49.4. The lowest BCUT2D eigenvalue weighted by Crippen LogP contribution is -2.81. The van der Waals surface area contributed by atoms with E-state index in [9.17, 15) is 29.7 Å². The molecule has 2 unspecified atom stereocenters. The average Bonchev–Trinajstić information content (AvgIpc) is 3.41. The van der Waals surface area contributed by atoms with Gasteiger partial charge in [0.1, 0.15) is 23.9 Å². The maximum absolute atomic E-state index is 13.7. The number of piperidine rings is 1. The third-order valence-corrected chi connectivity index (χ3v) is 12.8. The van der Waals surface area contributed by atoms with E-state index < -0.39 is 100 Å². The number of benzene rings is 1. The molecule has 5 aliphatic carbocycles. The highest BCUT2D eigenvalue weighted by Gasteiger charge is 2.92. The summed E-state index contributed by atoms with van der Waals surface area (Å²) in [5.74, 6) is -4.46. The van der Waals surface area contributed by atoms with Crippen LogP contribution in [0.2, 0.25) is 0 Å². The van der Waals surface area contributed by atoms with Gasteiger partial charge in [-0.05, 0) is 24.5 Å². The van der Waals surface area contributed by atoms with Crippen molar-refractivity contribution in [3.8, 4) is 0 Å². The molecule has 7 rings (SSSR count). The molecule has 13 nitrogen and oxygen atoms in total. The maximum atomic E-state index is 13.7. The van der Waals surface area contributed by atoms with Crippen LogP contribution in [0.3, 0.4) is 0 Å². The highest BCUT2D eigenvalue weighted by molar-refractivity contribution is 5.89. The number of ether oxygens (including phenoxy) is 6. The third-order valence-electron chi connectivity index (χ3n) is 12.8. The number of hydrogen-bond acceptors (Lipinski definition) is 12. The fraction of sp³-hybridized carbons (Fsp3) is 0.727. The number of methoxy groups -OCH3 is 4. The standard InChI is InChI=1S/C33H43NO12/c1-16(36)46-33-21-18(12-31(40,28(44-5)26(33)38)27(21)45-29(39)17-9-7-6-8-10-17)32-20(42-3)11-19(37)30(14-41-2)13-34(15-35)25(32)22(33)23(43-4)24(30)32/h6-10,15,18-28,37-38,40H,11-14H2,1-5H3/t18-,19-,20+,21-,22?,23+,24-,25+,26+,27-,28+,30+,31-,32?,33-/m1/s1. The van der Waals surface area contributed by atoms with Crippen LogP contribution in [0.5, 0.6) is 0 Å². The van der Waals surface area contributed by atoms with Gasteiger partial charge >= 0.3 is 11.9 Å². The number of likely N-dealkylation sites (tertiary alicyclic amines) is 1. The Hall–Kier alpha value is -2.65. The summed E-state index contributed by atoms with van der Waals surface area (Å²) in [6.45, 7) is 1.44. The molecule has 15 atom stereocenters. The van der Waals surface area contributed by atoms with Crippen LogP contribution >= 0.6 is 0 Å². The number of nitrogens with zero attached hydrogens (tertiary/aromatic N) is 1. The van der Waals surface area contributed by atoms with Gasteiger partial charge in [0.15, 0.2) is 5.60 Å². The summed E-state index contributed by atoms with van der Waals surface area (Å²) in [5.41, 5.74) is -5.54. The van der Waals surface area contributed by atoms with Gasteiger partial charge in [-0.2, -0.15) is 0 Å². The Kier molecular flexibility index (Phi) is 7.41. The largest absolute Gasteiger partial charge is 0.455 e. The lowest BCUT2D eigenvalue weighted by atomic mass is 9.42. The minimum Gasteiger partial charge on any atom is -0.455 e. The predicted molar refractivity (Wildman–Crippen MR) is 156 cm³/mol. The van der Waals surface area contributed by atoms with Gasteiger partial charge in [0.2, 0.25) is 6.41 Å². The van der Waals surface area contributed by atoms with Crippen LogP contribution in [0.25, 0.3) is 0 Å². The van der Waals surface area contributed by atoms with Crippen molar-refractivity contribution in [3.05, 3.63) is 35.9 Å². The molecule has 1 aromatic carbocycles. The molecule has 252 valence electrons. The quantitative estimate of drug-likeness (QED) is 0.239. The zero-order valence-corrected chi connectivity index (χ0v) is 26.6. The van der Waals surface area contributed by atoms with Gasteiger partial charge in [-0.25, -0.2) is 4.79 Å². The summed E-state index contributed by atoms with van der Waals surface area (Å²) >= 11 is 0. The van der Waals surface area contributed by atoms with E-state index in [1.807, 2.05) is 0 Å². The molecule has 46 heavy (non-hydrogen) atoms. The van der Waals surface area contributed by atoms with E-state index in [0.29, 0.717) is 0 Å². The molecule has 1 aliphatic heterocycles. The molecule has 6 fully saturated rings. The van der Waals surface area contributed by atoms with E-state index >= 15 is 0 Å². The first kappa shape index (κ1) is 31.9. The van der Waals surface area contributed by atoms with Gasteiger partial charge < -0.3 is 48.6 Å². The number of amides is 1. The fourth-order valence-electron chi connectivity index (χ4n) is 12.0. The van der Waals surface area contributed by atoms with Crippen molar-refractivity contribution in [1.29, 1.82) is 0 Å². The lowest BCUT2D eigenvalue weighted by molar-refractivity contribution is -0.319. The van der Waals surface area contributed by atoms with Gasteiger partial charge in [-0.3, -0.25) is 9.59 Å². The summed E-state index contributed by atoms with van der Waals surface area (Å²) in [4.78, 5) is 41.6. The van der Waals surface area contributed by atoms with Gasteiger partial charge in [-0.15, -0.1) is 0 Å². The van der Waals surface area contributed by atoms with Crippen molar-refractivity contribution < 1.29 is 58.1 Å². The van der Waals surface area contributed by atoms with Crippen molar-refractivity contribution in [3.63, 3.8) is 0 Å². The number of aliphatic hydroxyl groups is 3. The van der Waals surface area contributed by atoms with Gasteiger partial charge in [0.05, 0.1) is 30.5 Å². The first-order chi connectivity index (χ1) is 22.0. The number of fused-ring (bicyclic) bond motifs is 2. The Morgan fingerprint density at radius 2 is 1.74 bits per heavy atom. The second-order valence-electron chi connectivity index (χ2n) is 14.1. The summed E-state index contributed by atoms with van der Waals surface area (Å²) in [5, 5.41) is 37.0. The molecule has 1 saturated heterocycles.